The summed E-state index contributed by atoms with van der Waals surface area (Å²) < 4.78 is 50.9. The van der Waals surface area contributed by atoms with E-state index >= 15 is 0 Å². The van der Waals surface area contributed by atoms with Crippen LogP contribution in [0.15, 0.2) is 76.9 Å². The van der Waals surface area contributed by atoms with Crippen LogP contribution in [0.2, 0.25) is 5.02 Å². The minimum Gasteiger partial charge on any atom is -0.306 e. The van der Waals surface area contributed by atoms with Crippen LogP contribution in [0.5, 0.6) is 0 Å². The summed E-state index contributed by atoms with van der Waals surface area (Å²) in [6, 6.07) is 13.9. The van der Waals surface area contributed by atoms with Crippen LogP contribution in [-0.4, -0.2) is 33.8 Å². The summed E-state index contributed by atoms with van der Waals surface area (Å²) in [4.78, 5) is 17.1. The number of carbonyl (C=O) groups excluding carboxylic acids is 1. The third-order valence-electron chi connectivity index (χ3n) is 4.73. The lowest BCUT2D eigenvalue weighted by molar-refractivity contribution is -0.0328. The van der Waals surface area contributed by atoms with Crippen LogP contribution in [0.1, 0.15) is 17.2 Å². The molecule has 1 aliphatic heterocycles. The smallest absolute Gasteiger partial charge is 0.306 e. The van der Waals surface area contributed by atoms with Crippen molar-refractivity contribution in [3.8, 4) is 0 Å². The lowest BCUT2D eigenvalue weighted by atomic mass is 9.94. The number of urea groups is 1. The monoisotopic (exact) mass is 494 g/mol. The molecule has 0 spiro atoms. The summed E-state index contributed by atoms with van der Waals surface area (Å²) in [5.74, 6) is -0.788. The number of nitrogens with one attached hydrogen (secondary N) is 1. The number of hydrogen-bond donors (Lipinski definition) is 1. The zero-order valence-corrected chi connectivity index (χ0v) is 18.3. The summed E-state index contributed by atoms with van der Waals surface area (Å²) in [6.07, 6.45) is 1.49. The average Bonchev–Trinajstić information content (AvgIpc) is 3.21. The van der Waals surface area contributed by atoms with Crippen LogP contribution < -0.4 is 5.32 Å². The zero-order valence-electron chi connectivity index (χ0n) is 16.7. The Bertz CT molecular complexity index is 1170. The number of nitrogens with zero attached hydrogens (tertiary/aromatic N) is 3. The van der Waals surface area contributed by atoms with E-state index in [9.17, 15) is 22.4 Å². The maximum absolute atomic E-state index is 13.4. The van der Waals surface area contributed by atoms with E-state index in [0.29, 0.717) is 27.7 Å². The van der Waals surface area contributed by atoms with E-state index in [2.05, 4.69) is 15.4 Å². The Morgan fingerprint density at radius 3 is 2.36 bits per heavy atom. The standard InChI is InChI=1S/C22H15ClF4N4OS/c23-14-3-10-19(28-11-14)18-12-31(30-20(18)13-1-4-15(24)5-2-13)21(32)29-16-6-8-17(9-7-16)33-22(25,26)27/h1-11,18H,12H2,(H,29,32). The van der Waals surface area contributed by atoms with Crippen LogP contribution in [-0.2, 0) is 0 Å². The van der Waals surface area contributed by atoms with Gasteiger partial charge in [-0.3, -0.25) is 4.98 Å². The second-order valence-electron chi connectivity index (χ2n) is 7.03. The number of anilines is 1. The number of thioether (sulfide) groups is 1. The van der Waals surface area contributed by atoms with E-state index in [0.717, 1.165) is 0 Å². The first-order chi connectivity index (χ1) is 15.7. The second-order valence-corrected chi connectivity index (χ2v) is 8.61. The zero-order chi connectivity index (χ0) is 23.6. The Morgan fingerprint density at radius 1 is 1.06 bits per heavy atom. The van der Waals surface area contributed by atoms with Gasteiger partial charge in [0.15, 0.2) is 0 Å². The summed E-state index contributed by atoms with van der Waals surface area (Å²) >= 11 is 5.70. The van der Waals surface area contributed by atoms with Gasteiger partial charge in [-0.2, -0.15) is 18.3 Å². The van der Waals surface area contributed by atoms with Crippen LogP contribution in [0.4, 0.5) is 28.0 Å². The third kappa shape index (κ3) is 5.82. The number of hydrazone groups is 1. The summed E-state index contributed by atoms with van der Waals surface area (Å²) in [7, 11) is 0. The van der Waals surface area contributed by atoms with Gasteiger partial charge in [0.25, 0.3) is 0 Å². The molecule has 0 fully saturated rings. The molecule has 5 nitrogen and oxygen atoms in total. The number of carbonyl (C=O) groups is 1. The normalized spacial score (nSPS) is 16.0. The highest BCUT2D eigenvalue weighted by Gasteiger charge is 2.33. The molecule has 1 N–H and O–H groups in total. The summed E-state index contributed by atoms with van der Waals surface area (Å²) in [5.41, 5.74) is -2.29. The van der Waals surface area contributed by atoms with Crippen LogP contribution in [0.25, 0.3) is 0 Å². The Labute approximate surface area is 195 Å². The van der Waals surface area contributed by atoms with Gasteiger partial charge in [-0.15, -0.1) is 0 Å². The summed E-state index contributed by atoms with van der Waals surface area (Å²) in [6.45, 7) is 0.162. The lowest BCUT2D eigenvalue weighted by Gasteiger charge is -2.15. The van der Waals surface area contributed by atoms with Gasteiger partial charge in [0.05, 0.1) is 28.9 Å². The lowest BCUT2D eigenvalue weighted by Crippen LogP contribution is -2.30. The molecule has 1 aliphatic rings. The van der Waals surface area contributed by atoms with Gasteiger partial charge in [0, 0.05) is 16.8 Å². The highest BCUT2D eigenvalue weighted by molar-refractivity contribution is 8.00. The molecule has 0 radical (unpaired) electrons. The molecule has 2 amide bonds. The van der Waals surface area contributed by atoms with Crippen molar-refractivity contribution in [2.75, 3.05) is 11.9 Å². The Morgan fingerprint density at radius 2 is 1.76 bits per heavy atom. The predicted octanol–water partition coefficient (Wildman–Crippen LogP) is 6.52. The van der Waals surface area contributed by atoms with E-state index in [4.69, 9.17) is 11.6 Å². The molecule has 33 heavy (non-hydrogen) atoms. The number of hydrogen-bond acceptors (Lipinski definition) is 4. The van der Waals surface area contributed by atoms with E-state index in [1.165, 1.54) is 47.6 Å². The molecule has 0 bridgehead atoms. The first kappa shape index (κ1) is 23.1. The number of alkyl halides is 3. The minimum atomic E-state index is -4.39. The number of pyridine rings is 1. The number of halogens is 5. The van der Waals surface area contributed by atoms with Gasteiger partial charge in [-0.1, -0.05) is 23.7 Å². The third-order valence-corrected chi connectivity index (χ3v) is 5.70. The fourth-order valence-corrected chi connectivity index (χ4v) is 3.91. The fourth-order valence-electron chi connectivity index (χ4n) is 3.26. The van der Waals surface area contributed by atoms with Gasteiger partial charge in [0.1, 0.15) is 5.82 Å². The first-order valence-electron chi connectivity index (χ1n) is 9.58. The molecule has 1 atom stereocenters. The van der Waals surface area contributed by atoms with Crippen molar-refractivity contribution < 1.29 is 22.4 Å². The second kappa shape index (κ2) is 9.40. The minimum absolute atomic E-state index is 0.00663. The van der Waals surface area contributed by atoms with E-state index < -0.39 is 17.4 Å². The molecular weight excluding hydrogens is 480 g/mol. The number of benzene rings is 2. The van der Waals surface area contributed by atoms with Crippen LogP contribution >= 0.6 is 23.4 Å². The number of rotatable bonds is 4. The predicted molar refractivity (Wildman–Crippen MR) is 119 cm³/mol. The highest BCUT2D eigenvalue weighted by atomic mass is 35.5. The molecule has 3 aromatic rings. The molecule has 0 aliphatic carbocycles. The maximum Gasteiger partial charge on any atom is 0.446 e. The molecule has 2 heterocycles. The van der Waals surface area contributed by atoms with Crippen molar-refractivity contribution in [3.63, 3.8) is 0 Å². The van der Waals surface area contributed by atoms with Crippen molar-refractivity contribution in [1.29, 1.82) is 0 Å². The van der Waals surface area contributed by atoms with Crippen molar-refractivity contribution in [3.05, 3.63) is 89.0 Å². The average molecular weight is 495 g/mol. The van der Waals surface area contributed by atoms with Crippen molar-refractivity contribution in [2.45, 2.75) is 16.3 Å². The Balaban J connectivity index is 1.55. The molecule has 170 valence electrons. The van der Waals surface area contributed by atoms with E-state index in [1.807, 2.05) is 0 Å². The van der Waals surface area contributed by atoms with Crippen molar-refractivity contribution >= 4 is 40.8 Å². The van der Waals surface area contributed by atoms with E-state index in [1.54, 1.807) is 24.3 Å². The first-order valence-corrected chi connectivity index (χ1v) is 10.8. The Hall–Kier alpha value is -3.11. The molecule has 4 rings (SSSR count). The molecule has 11 heteroatoms. The van der Waals surface area contributed by atoms with Crippen molar-refractivity contribution in [1.82, 2.24) is 9.99 Å². The molecule has 0 saturated heterocycles. The van der Waals surface area contributed by atoms with Gasteiger partial charge in [-0.25, -0.2) is 14.2 Å². The fraction of sp³-hybridized carbons (Fsp3) is 0.136. The maximum atomic E-state index is 13.4. The van der Waals surface area contributed by atoms with Gasteiger partial charge < -0.3 is 5.32 Å². The van der Waals surface area contributed by atoms with Gasteiger partial charge in [0.2, 0.25) is 0 Å². The molecule has 0 saturated carbocycles. The van der Waals surface area contributed by atoms with E-state index in [-0.39, 0.29) is 29.1 Å². The number of aromatic nitrogens is 1. The number of amides is 2. The largest absolute Gasteiger partial charge is 0.446 e. The topological polar surface area (TPSA) is 57.6 Å². The Kier molecular flexibility index (Phi) is 6.57. The van der Waals surface area contributed by atoms with Crippen LogP contribution in [0.3, 0.4) is 0 Å². The quantitative estimate of drug-likeness (QED) is 0.332. The molecule has 2 aromatic carbocycles. The molecular formula is C22H15ClF4N4OS. The molecule has 1 aromatic heterocycles. The van der Waals surface area contributed by atoms with Crippen molar-refractivity contribution in [2.24, 2.45) is 5.10 Å². The summed E-state index contributed by atoms with van der Waals surface area (Å²) in [5, 5.41) is 8.71. The van der Waals surface area contributed by atoms with Gasteiger partial charge >= 0.3 is 11.5 Å². The SMILES string of the molecule is O=C(Nc1ccc(SC(F)(F)F)cc1)N1CC(c2ccc(Cl)cn2)C(c2ccc(F)cc2)=N1. The van der Waals surface area contributed by atoms with Crippen LogP contribution in [0, 0.1) is 5.82 Å². The highest BCUT2D eigenvalue weighted by Crippen LogP contribution is 2.37. The molecule has 1 unspecified atom stereocenters. The van der Waals surface area contributed by atoms with Gasteiger partial charge in [-0.05, 0) is 65.9 Å².